The standard InChI is InChI=1S/C12H13N3O4S/c13-7-9-3-4-12(15(16)17)11(6-9)14-10-2-1-5-20(18,19)8-10/h3-4,6,10,14H,1-2,5,8H2. The number of hydrogen-bond donors (Lipinski definition) is 1. The van der Waals surface area contributed by atoms with Gasteiger partial charge in [0.15, 0.2) is 9.84 Å². The number of benzene rings is 1. The summed E-state index contributed by atoms with van der Waals surface area (Å²) in [4.78, 5) is 10.4. The van der Waals surface area contributed by atoms with Crippen molar-refractivity contribution < 1.29 is 13.3 Å². The maximum atomic E-state index is 11.6. The van der Waals surface area contributed by atoms with Gasteiger partial charge in [0.05, 0.1) is 28.1 Å². The van der Waals surface area contributed by atoms with E-state index >= 15 is 0 Å². The molecule has 20 heavy (non-hydrogen) atoms. The molecule has 0 radical (unpaired) electrons. The zero-order chi connectivity index (χ0) is 14.8. The fourth-order valence-electron chi connectivity index (χ4n) is 2.24. The van der Waals surface area contributed by atoms with Crippen LogP contribution in [-0.2, 0) is 9.84 Å². The van der Waals surface area contributed by atoms with Gasteiger partial charge in [-0.15, -0.1) is 0 Å². The van der Waals surface area contributed by atoms with Crippen LogP contribution in [0.3, 0.4) is 0 Å². The summed E-state index contributed by atoms with van der Waals surface area (Å²) in [5.41, 5.74) is 0.319. The molecular weight excluding hydrogens is 282 g/mol. The molecule has 1 saturated heterocycles. The second kappa shape index (κ2) is 5.46. The Bertz CT molecular complexity index is 678. The van der Waals surface area contributed by atoms with Gasteiger partial charge in [-0.05, 0) is 25.0 Å². The summed E-state index contributed by atoms with van der Waals surface area (Å²) in [6, 6.07) is 5.53. The summed E-state index contributed by atoms with van der Waals surface area (Å²) in [5.74, 6) is 0.118. The molecule has 0 aromatic heterocycles. The molecule has 0 bridgehead atoms. The summed E-state index contributed by atoms with van der Waals surface area (Å²) < 4.78 is 23.1. The Hall–Kier alpha value is -2.14. The number of nitro groups is 1. The molecule has 1 aromatic carbocycles. The highest BCUT2D eigenvalue weighted by atomic mass is 32.2. The molecule has 1 atom stereocenters. The van der Waals surface area contributed by atoms with Gasteiger partial charge in [-0.2, -0.15) is 5.26 Å². The minimum Gasteiger partial charge on any atom is -0.376 e. The van der Waals surface area contributed by atoms with E-state index in [0.29, 0.717) is 12.8 Å². The molecule has 1 aliphatic heterocycles. The number of rotatable bonds is 3. The molecule has 1 heterocycles. The van der Waals surface area contributed by atoms with Crippen molar-refractivity contribution in [3.05, 3.63) is 33.9 Å². The average Bonchev–Trinajstić information content (AvgIpc) is 2.37. The first-order valence-electron chi connectivity index (χ1n) is 6.07. The first-order chi connectivity index (χ1) is 9.41. The molecule has 1 fully saturated rings. The Morgan fingerprint density at radius 1 is 1.45 bits per heavy atom. The number of nitro benzene ring substituents is 1. The quantitative estimate of drug-likeness (QED) is 0.667. The Morgan fingerprint density at radius 3 is 2.80 bits per heavy atom. The Kier molecular flexibility index (Phi) is 3.90. The van der Waals surface area contributed by atoms with Crippen molar-refractivity contribution in [1.82, 2.24) is 0 Å². The van der Waals surface area contributed by atoms with E-state index in [1.807, 2.05) is 6.07 Å². The SMILES string of the molecule is N#Cc1ccc([N+](=O)[O-])c(NC2CCCS(=O)(=O)C2)c1. The van der Waals surface area contributed by atoms with Crippen LogP contribution < -0.4 is 5.32 Å². The zero-order valence-electron chi connectivity index (χ0n) is 10.6. The lowest BCUT2D eigenvalue weighted by molar-refractivity contribution is -0.384. The first-order valence-corrected chi connectivity index (χ1v) is 7.89. The monoisotopic (exact) mass is 295 g/mol. The van der Waals surface area contributed by atoms with Gasteiger partial charge in [0.25, 0.3) is 5.69 Å². The second-order valence-electron chi connectivity index (χ2n) is 4.70. The highest BCUT2D eigenvalue weighted by molar-refractivity contribution is 7.91. The van der Waals surface area contributed by atoms with Crippen molar-refractivity contribution in [1.29, 1.82) is 5.26 Å². The summed E-state index contributed by atoms with van der Waals surface area (Å²) in [5, 5.41) is 22.7. The lowest BCUT2D eigenvalue weighted by Crippen LogP contribution is -2.35. The van der Waals surface area contributed by atoms with E-state index in [1.54, 1.807) is 0 Å². The van der Waals surface area contributed by atoms with Crippen LogP contribution in [0.25, 0.3) is 0 Å². The van der Waals surface area contributed by atoms with Gasteiger partial charge in [0.1, 0.15) is 5.69 Å². The number of nitrogens with zero attached hydrogens (tertiary/aromatic N) is 2. The van der Waals surface area contributed by atoms with E-state index in [-0.39, 0.29) is 34.5 Å². The number of nitriles is 1. The van der Waals surface area contributed by atoms with Gasteiger partial charge in [-0.1, -0.05) is 0 Å². The lowest BCUT2D eigenvalue weighted by Gasteiger charge is -2.23. The smallest absolute Gasteiger partial charge is 0.292 e. The molecule has 8 heteroatoms. The normalized spacial score (nSPS) is 20.9. The van der Waals surface area contributed by atoms with E-state index in [0.717, 1.165) is 0 Å². The van der Waals surface area contributed by atoms with Crippen LogP contribution in [0.4, 0.5) is 11.4 Å². The molecule has 0 saturated carbocycles. The molecule has 1 aliphatic rings. The third-order valence-corrected chi connectivity index (χ3v) is 4.97. The molecule has 1 aromatic rings. The second-order valence-corrected chi connectivity index (χ2v) is 6.93. The average molecular weight is 295 g/mol. The van der Waals surface area contributed by atoms with Crippen LogP contribution in [0, 0.1) is 21.4 Å². The van der Waals surface area contributed by atoms with Crippen molar-refractivity contribution in [2.45, 2.75) is 18.9 Å². The lowest BCUT2D eigenvalue weighted by atomic mass is 10.1. The van der Waals surface area contributed by atoms with Gasteiger partial charge in [-0.3, -0.25) is 10.1 Å². The van der Waals surface area contributed by atoms with Crippen LogP contribution in [0.1, 0.15) is 18.4 Å². The van der Waals surface area contributed by atoms with E-state index in [4.69, 9.17) is 5.26 Å². The summed E-state index contributed by atoms with van der Waals surface area (Å²) in [7, 11) is -3.10. The van der Waals surface area contributed by atoms with E-state index in [9.17, 15) is 18.5 Å². The number of nitrogens with one attached hydrogen (secondary N) is 1. The van der Waals surface area contributed by atoms with Gasteiger partial charge < -0.3 is 5.32 Å². The van der Waals surface area contributed by atoms with Crippen molar-refractivity contribution in [3.8, 4) is 6.07 Å². The number of anilines is 1. The topological polar surface area (TPSA) is 113 Å². The van der Waals surface area contributed by atoms with E-state index < -0.39 is 14.8 Å². The van der Waals surface area contributed by atoms with Gasteiger partial charge in [0.2, 0.25) is 0 Å². The van der Waals surface area contributed by atoms with E-state index in [2.05, 4.69) is 5.32 Å². The molecule has 0 spiro atoms. The van der Waals surface area contributed by atoms with Crippen LogP contribution in [0.2, 0.25) is 0 Å². The predicted molar refractivity (Wildman–Crippen MR) is 73.1 cm³/mol. The van der Waals surface area contributed by atoms with Gasteiger partial charge in [-0.25, -0.2) is 8.42 Å². The molecular formula is C12H13N3O4S. The molecule has 1 unspecified atom stereocenters. The van der Waals surface area contributed by atoms with Crippen LogP contribution in [0.15, 0.2) is 18.2 Å². The van der Waals surface area contributed by atoms with Gasteiger partial charge >= 0.3 is 0 Å². The molecule has 106 valence electrons. The first kappa shape index (κ1) is 14.3. The third-order valence-electron chi connectivity index (χ3n) is 3.15. The summed E-state index contributed by atoms with van der Waals surface area (Å²) >= 11 is 0. The third kappa shape index (κ3) is 3.24. The van der Waals surface area contributed by atoms with Crippen LogP contribution in [0.5, 0.6) is 0 Å². The minimum absolute atomic E-state index is 0.0407. The molecule has 0 amide bonds. The van der Waals surface area contributed by atoms with E-state index in [1.165, 1.54) is 18.2 Å². The minimum atomic E-state index is -3.10. The van der Waals surface area contributed by atoms with Crippen molar-refractivity contribution >= 4 is 21.2 Å². The van der Waals surface area contributed by atoms with Crippen molar-refractivity contribution in [3.63, 3.8) is 0 Å². The molecule has 2 rings (SSSR count). The maximum Gasteiger partial charge on any atom is 0.292 e. The predicted octanol–water partition coefficient (Wildman–Crippen LogP) is 1.46. The summed E-state index contributed by atoms with van der Waals surface area (Å²) in [6.07, 6.45) is 1.17. The molecule has 1 N–H and O–H groups in total. The van der Waals surface area contributed by atoms with Gasteiger partial charge in [0, 0.05) is 12.1 Å². The fraction of sp³-hybridized carbons (Fsp3) is 0.417. The number of hydrogen-bond acceptors (Lipinski definition) is 6. The largest absolute Gasteiger partial charge is 0.376 e. The van der Waals surface area contributed by atoms with Crippen molar-refractivity contribution in [2.75, 3.05) is 16.8 Å². The fourth-order valence-corrected chi connectivity index (χ4v) is 3.87. The highest BCUT2D eigenvalue weighted by Gasteiger charge is 2.26. The maximum absolute atomic E-state index is 11.6. The Labute approximate surface area is 116 Å². The van der Waals surface area contributed by atoms with Crippen LogP contribution in [-0.4, -0.2) is 30.9 Å². The zero-order valence-corrected chi connectivity index (χ0v) is 11.4. The summed E-state index contributed by atoms with van der Waals surface area (Å²) in [6.45, 7) is 0. The Morgan fingerprint density at radius 2 is 2.20 bits per heavy atom. The molecule has 0 aliphatic carbocycles. The van der Waals surface area contributed by atoms with Crippen molar-refractivity contribution in [2.24, 2.45) is 0 Å². The Balaban J connectivity index is 2.28. The highest BCUT2D eigenvalue weighted by Crippen LogP contribution is 2.27. The van der Waals surface area contributed by atoms with Crippen LogP contribution >= 0.6 is 0 Å². The number of sulfone groups is 1. The molecule has 7 nitrogen and oxygen atoms in total.